The molecule has 1 saturated carbocycles. The van der Waals surface area contributed by atoms with Gasteiger partial charge in [0.2, 0.25) is 0 Å². The molecule has 3 atom stereocenters. The first kappa shape index (κ1) is 14.5. The summed E-state index contributed by atoms with van der Waals surface area (Å²) in [7, 11) is 1.99. The van der Waals surface area contributed by atoms with Crippen LogP contribution in [0.2, 0.25) is 0 Å². The molecule has 0 bridgehead atoms. The summed E-state index contributed by atoms with van der Waals surface area (Å²) in [6.07, 6.45) is 9.37. The van der Waals surface area contributed by atoms with Gasteiger partial charge in [-0.3, -0.25) is 4.68 Å². The van der Waals surface area contributed by atoms with Crippen LogP contribution in [-0.4, -0.2) is 27.4 Å². The minimum Gasteiger partial charge on any atom is -0.313 e. The standard InChI is InChI=1S/C15H28N4/c1-4-8-16-14(10-15-17-11-18-19(15)3)13-7-6-12(5-2)9-13/h11-14,16H,4-10H2,1-3H3. The fourth-order valence-corrected chi connectivity index (χ4v) is 3.29. The number of rotatable bonds is 7. The van der Waals surface area contributed by atoms with Crippen LogP contribution in [0.25, 0.3) is 0 Å². The van der Waals surface area contributed by atoms with Gasteiger partial charge in [0.05, 0.1) is 0 Å². The van der Waals surface area contributed by atoms with Gasteiger partial charge in [0.15, 0.2) is 0 Å². The van der Waals surface area contributed by atoms with Crippen molar-refractivity contribution in [2.75, 3.05) is 6.54 Å². The second kappa shape index (κ2) is 7.04. The Morgan fingerprint density at radius 1 is 1.42 bits per heavy atom. The number of nitrogens with zero attached hydrogens (tertiary/aromatic N) is 3. The van der Waals surface area contributed by atoms with Crippen LogP contribution < -0.4 is 5.32 Å². The topological polar surface area (TPSA) is 42.7 Å². The summed E-state index contributed by atoms with van der Waals surface area (Å²) in [5.74, 6) is 2.86. The van der Waals surface area contributed by atoms with Gasteiger partial charge in [-0.1, -0.05) is 26.7 Å². The fraction of sp³-hybridized carbons (Fsp3) is 0.867. The predicted octanol–water partition coefficient (Wildman–Crippen LogP) is 2.55. The van der Waals surface area contributed by atoms with E-state index in [2.05, 4.69) is 29.2 Å². The highest BCUT2D eigenvalue weighted by Crippen LogP contribution is 2.35. The van der Waals surface area contributed by atoms with Gasteiger partial charge in [-0.05, 0) is 37.6 Å². The number of aromatic nitrogens is 3. The van der Waals surface area contributed by atoms with E-state index in [4.69, 9.17) is 0 Å². The van der Waals surface area contributed by atoms with Crippen molar-refractivity contribution in [2.45, 2.75) is 58.4 Å². The van der Waals surface area contributed by atoms with E-state index in [0.29, 0.717) is 6.04 Å². The molecule has 0 amide bonds. The van der Waals surface area contributed by atoms with Crippen molar-refractivity contribution in [1.29, 1.82) is 0 Å². The van der Waals surface area contributed by atoms with E-state index in [-0.39, 0.29) is 0 Å². The highest BCUT2D eigenvalue weighted by atomic mass is 15.3. The van der Waals surface area contributed by atoms with Gasteiger partial charge in [0.1, 0.15) is 12.2 Å². The molecule has 0 radical (unpaired) electrons. The van der Waals surface area contributed by atoms with Crippen LogP contribution in [0.1, 0.15) is 51.8 Å². The van der Waals surface area contributed by atoms with Crippen LogP contribution >= 0.6 is 0 Å². The van der Waals surface area contributed by atoms with E-state index in [1.54, 1.807) is 6.33 Å². The molecule has 108 valence electrons. The molecule has 1 aromatic heterocycles. The van der Waals surface area contributed by atoms with Crippen LogP contribution in [0.15, 0.2) is 6.33 Å². The van der Waals surface area contributed by atoms with E-state index in [1.807, 2.05) is 11.7 Å². The molecule has 2 rings (SSSR count). The maximum absolute atomic E-state index is 4.39. The van der Waals surface area contributed by atoms with E-state index < -0.39 is 0 Å². The molecule has 0 aliphatic heterocycles. The first-order valence-electron chi connectivity index (χ1n) is 7.80. The molecule has 4 heteroatoms. The normalized spacial score (nSPS) is 24.8. The first-order chi connectivity index (χ1) is 9.24. The van der Waals surface area contributed by atoms with Gasteiger partial charge in [-0.15, -0.1) is 0 Å². The molecule has 19 heavy (non-hydrogen) atoms. The molecule has 1 N–H and O–H groups in total. The van der Waals surface area contributed by atoms with E-state index in [9.17, 15) is 0 Å². The number of nitrogens with one attached hydrogen (secondary N) is 1. The Hall–Kier alpha value is -0.900. The molecule has 0 saturated heterocycles. The molecule has 4 nitrogen and oxygen atoms in total. The maximum Gasteiger partial charge on any atom is 0.138 e. The summed E-state index contributed by atoms with van der Waals surface area (Å²) >= 11 is 0. The SMILES string of the molecule is CCCNC(Cc1ncnn1C)C1CCC(CC)C1. The Kier molecular flexibility index (Phi) is 5.37. The Bertz CT molecular complexity index is 374. The lowest BCUT2D eigenvalue weighted by atomic mass is 9.93. The van der Waals surface area contributed by atoms with Gasteiger partial charge in [0.25, 0.3) is 0 Å². The zero-order chi connectivity index (χ0) is 13.7. The van der Waals surface area contributed by atoms with Crippen LogP contribution in [0.4, 0.5) is 0 Å². The van der Waals surface area contributed by atoms with E-state index in [0.717, 1.165) is 30.6 Å². The smallest absolute Gasteiger partial charge is 0.138 e. The average molecular weight is 264 g/mol. The van der Waals surface area contributed by atoms with Crippen LogP contribution in [0, 0.1) is 11.8 Å². The lowest BCUT2D eigenvalue weighted by Gasteiger charge is -2.24. The Labute approximate surface area is 117 Å². The number of aryl methyl sites for hydroxylation is 1. The van der Waals surface area contributed by atoms with Crippen molar-refractivity contribution in [3.8, 4) is 0 Å². The summed E-state index contributed by atoms with van der Waals surface area (Å²) in [5, 5.41) is 7.93. The second-order valence-electron chi connectivity index (χ2n) is 5.91. The number of hydrogen-bond acceptors (Lipinski definition) is 3. The van der Waals surface area contributed by atoms with Crippen molar-refractivity contribution >= 4 is 0 Å². The molecule has 0 aromatic carbocycles. The van der Waals surface area contributed by atoms with E-state index in [1.165, 1.54) is 32.1 Å². The third-order valence-corrected chi connectivity index (χ3v) is 4.59. The summed E-state index contributed by atoms with van der Waals surface area (Å²) < 4.78 is 1.91. The van der Waals surface area contributed by atoms with Crippen molar-refractivity contribution in [3.63, 3.8) is 0 Å². The number of hydrogen-bond donors (Lipinski definition) is 1. The van der Waals surface area contributed by atoms with Gasteiger partial charge >= 0.3 is 0 Å². The third-order valence-electron chi connectivity index (χ3n) is 4.59. The molecule has 1 aromatic rings. The van der Waals surface area contributed by atoms with Gasteiger partial charge in [0, 0.05) is 19.5 Å². The van der Waals surface area contributed by atoms with Crippen molar-refractivity contribution in [2.24, 2.45) is 18.9 Å². The zero-order valence-electron chi connectivity index (χ0n) is 12.6. The molecular formula is C15H28N4. The molecule has 1 fully saturated rings. The van der Waals surface area contributed by atoms with Gasteiger partial charge < -0.3 is 5.32 Å². The second-order valence-corrected chi connectivity index (χ2v) is 5.91. The summed E-state index contributed by atoms with van der Waals surface area (Å²) in [6.45, 7) is 5.66. The summed E-state index contributed by atoms with van der Waals surface area (Å²) in [6, 6.07) is 0.569. The van der Waals surface area contributed by atoms with Crippen LogP contribution in [0.3, 0.4) is 0 Å². The highest BCUT2D eigenvalue weighted by molar-refractivity contribution is 4.94. The minimum atomic E-state index is 0.569. The summed E-state index contributed by atoms with van der Waals surface area (Å²) in [5.41, 5.74) is 0. The Balaban J connectivity index is 1.97. The van der Waals surface area contributed by atoms with Crippen LogP contribution in [0.5, 0.6) is 0 Å². The molecular weight excluding hydrogens is 236 g/mol. The fourth-order valence-electron chi connectivity index (χ4n) is 3.29. The Morgan fingerprint density at radius 3 is 2.84 bits per heavy atom. The largest absolute Gasteiger partial charge is 0.313 e. The molecule has 1 aliphatic rings. The Morgan fingerprint density at radius 2 is 2.26 bits per heavy atom. The average Bonchev–Trinajstić information content (AvgIpc) is 3.04. The zero-order valence-corrected chi connectivity index (χ0v) is 12.6. The highest BCUT2D eigenvalue weighted by Gasteiger charge is 2.30. The van der Waals surface area contributed by atoms with Crippen molar-refractivity contribution in [1.82, 2.24) is 20.1 Å². The summed E-state index contributed by atoms with van der Waals surface area (Å²) in [4.78, 5) is 4.39. The third kappa shape index (κ3) is 3.78. The van der Waals surface area contributed by atoms with E-state index >= 15 is 0 Å². The lowest BCUT2D eigenvalue weighted by Crippen LogP contribution is -2.38. The predicted molar refractivity (Wildman–Crippen MR) is 77.9 cm³/mol. The molecule has 0 spiro atoms. The molecule has 1 aliphatic carbocycles. The van der Waals surface area contributed by atoms with Gasteiger partial charge in [-0.25, -0.2) is 4.98 Å². The first-order valence-corrected chi connectivity index (χ1v) is 7.80. The molecule has 3 unspecified atom stereocenters. The lowest BCUT2D eigenvalue weighted by molar-refractivity contribution is 0.337. The monoisotopic (exact) mass is 264 g/mol. The quantitative estimate of drug-likeness (QED) is 0.823. The van der Waals surface area contributed by atoms with Crippen molar-refractivity contribution in [3.05, 3.63) is 12.2 Å². The van der Waals surface area contributed by atoms with Crippen LogP contribution in [-0.2, 0) is 13.5 Å². The maximum atomic E-state index is 4.39. The van der Waals surface area contributed by atoms with Crippen molar-refractivity contribution < 1.29 is 0 Å². The van der Waals surface area contributed by atoms with Gasteiger partial charge in [-0.2, -0.15) is 5.10 Å². The molecule has 1 heterocycles. The minimum absolute atomic E-state index is 0.569.